The van der Waals surface area contributed by atoms with Gasteiger partial charge < -0.3 is 10.1 Å². The lowest BCUT2D eigenvalue weighted by atomic mass is 9.86. The second-order valence-electron chi connectivity index (χ2n) is 8.56. The number of nitrogens with one attached hydrogen (secondary N) is 2. The first-order valence-corrected chi connectivity index (χ1v) is 12.7. The lowest BCUT2D eigenvalue weighted by molar-refractivity contribution is -0.118. The fraction of sp³-hybridized carbons (Fsp3) is 0.240. The molecule has 1 amide bonds. The molecule has 33 heavy (non-hydrogen) atoms. The molecule has 6 nitrogen and oxygen atoms in total. The maximum Gasteiger partial charge on any atom is 0.262 e. The second-order valence-corrected chi connectivity index (χ2v) is 11.2. The highest BCUT2D eigenvalue weighted by atomic mass is 79.9. The van der Waals surface area contributed by atoms with Crippen molar-refractivity contribution >= 4 is 37.5 Å². The first-order valence-electron chi connectivity index (χ1n) is 10.4. The van der Waals surface area contributed by atoms with Crippen LogP contribution in [0.15, 0.2) is 82.2 Å². The summed E-state index contributed by atoms with van der Waals surface area (Å²) in [6.45, 7) is 6.26. The van der Waals surface area contributed by atoms with Crippen LogP contribution >= 0.6 is 15.9 Å². The molecule has 0 heterocycles. The zero-order valence-electron chi connectivity index (χ0n) is 18.8. The molecule has 8 heteroatoms. The molecule has 0 aliphatic rings. The summed E-state index contributed by atoms with van der Waals surface area (Å²) in [6.07, 6.45) is 0. The third-order valence-electron chi connectivity index (χ3n) is 4.87. The van der Waals surface area contributed by atoms with Crippen LogP contribution in [0.4, 0.5) is 5.69 Å². The molecule has 3 aromatic rings. The van der Waals surface area contributed by atoms with E-state index in [0.717, 1.165) is 15.6 Å². The molecule has 0 saturated carbocycles. The summed E-state index contributed by atoms with van der Waals surface area (Å²) in [5.41, 5.74) is 2.19. The van der Waals surface area contributed by atoms with Crippen molar-refractivity contribution in [1.29, 1.82) is 0 Å². The number of sulfonamides is 1. The fourth-order valence-corrected chi connectivity index (χ4v) is 4.51. The van der Waals surface area contributed by atoms with Crippen LogP contribution in [0.1, 0.15) is 31.9 Å². The van der Waals surface area contributed by atoms with Crippen LogP contribution in [0.2, 0.25) is 0 Å². The van der Waals surface area contributed by atoms with Crippen LogP contribution in [0.5, 0.6) is 5.75 Å². The van der Waals surface area contributed by atoms with Gasteiger partial charge in [-0.15, -0.1) is 0 Å². The molecule has 0 aliphatic heterocycles. The summed E-state index contributed by atoms with van der Waals surface area (Å²) in [4.78, 5) is 12.5. The lowest BCUT2D eigenvalue weighted by Crippen LogP contribution is -2.23. The number of amides is 1. The molecule has 0 fully saturated rings. The van der Waals surface area contributed by atoms with Crippen molar-refractivity contribution in [2.75, 3.05) is 11.9 Å². The Kier molecular flexibility index (Phi) is 7.94. The van der Waals surface area contributed by atoms with E-state index in [4.69, 9.17) is 4.74 Å². The zero-order valence-corrected chi connectivity index (χ0v) is 21.2. The number of hydrogen-bond acceptors (Lipinski definition) is 4. The molecule has 0 atom stereocenters. The highest BCUT2D eigenvalue weighted by Crippen LogP contribution is 2.33. The first kappa shape index (κ1) is 25.0. The minimum atomic E-state index is -3.66. The Labute approximate surface area is 203 Å². The minimum Gasteiger partial charge on any atom is -0.483 e. The topological polar surface area (TPSA) is 84.5 Å². The largest absolute Gasteiger partial charge is 0.483 e. The number of rotatable bonds is 8. The molecular formula is C25H27BrN2O4S. The Balaban J connectivity index is 1.58. The van der Waals surface area contributed by atoms with Gasteiger partial charge in [0.05, 0.1) is 4.90 Å². The second kappa shape index (κ2) is 10.5. The van der Waals surface area contributed by atoms with Crippen LogP contribution in [0.25, 0.3) is 0 Å². The van der Waals surface area contributed by atoms with Gasteiger partial charge in [-0.1, -0.05) is 67.0 Å². The molecule has 0 spiro atoms. The number of anilines is 1. The monoisotopic (exact) mass is 530 g/mol. The molecule has 0 aromatic heterocycles. The number of ether oxygens (including phenoxy) is 1. The van der Waals surface area contributed by atoms with Gasteiger partial charge in [-0.05, 0) is 53.4 Å². The predicted octanol–water partition coefficient (Wildman–Crippen LogP) is 5.24. The predicted molar refractivity (Wildman–Crippen MR) is 134 cm³/mol. The van der Waals surface area contributed by atoms with Gasteiger partial charge in [0.15, 0.2) is 6.61 Å². The van der Waals surface area contributed by atoms with Crippen LogP contribution in [0, 0.1) is 0 Å². The minimum absolute atomic E-state index is 0.123. The summed E-state index contributed by atoms with van der Waals surface area (Å²) in [6, 6.07) is 21.0. The molecule has 0 unspecified atom stereocenters. The molecule has 3 aromatic carbocycles. The highest BCUT2D eigenvalue weighted by Gasteiger charge is 2.20. The molecule has 0 aliphatic carbocycles. The third kappa shape index (κ3) is 7.15. The number of carbonyl (C=O) groups excluding carboxylic acids is 1. The van der Waals surface area contributed by atoms with Crippen LogP contribution in [0.3, 0.4) is 0 Å². The van der Waals surface area contributed by atoms with Gasteiger partial charge >= 0.3 is 0 Å². The summed E-state index contributed by atoms with van der Waals surface area (Å²) in [5.74, 6) is 0.308. The van der Waals surface area contributed by atoms with Crippen molar-refractivity contribution in [3.63, 3.8) is 0 Å². The SMILES string of the molecule is CC(C)(C)c1cc(Br)ccc1OCC(=O)Nc1ccc(S(=O)(=O)NCc2ccccc2)cc1. The van der Waals surface area contributed by atoms with Crippen molar-refractivity contribution in [2.45, 2.75) is 37.6 Å². The maximum atomic E-state index is 12.5. The lowest BCUT2D eigenvalue weighted by Gasteiger charge is -2.23. The first-order chi connectivity index (χ1) is 15.5. The molecule has 3 rings (SSSR count). The Morgan fingerprint density at radius 1 is 0.970 bits per heavy atom. The Bertz CT molecular complexity index is 1210. The zero-order chi connectivity index (χ0) is 24.1. The fourth-order valence-electron chi connectivity index (χ4n) is 3.13. The maximum absolute atomic E-state index is 12.5. The van der Waals surface area contributed by atoms with Crippen molar-refractivity contribution in [3.8, 4) is 5.75 Å². The average Bonchev–Trinajstić information content (AvgIpc) is 2.77. The quantitative estimate of drug-likeness (QED) is 0.416. The van der Waals surface area contributed by atoms with Gasteiger partial charge in [0.25, 0.3) is 5.91 Å². The molecular weight excluding hydrogens is 504 g/mol. The van der Waals surface area contributed by atoms with E-state index < -0.39 is 10.0 Å². The van der Waals surface area contributed by atoms with Gasteiger partial charge in [0.2, 0.25) is 10.0 Å². The highest BCUT2D eigenvalue weighted by molar-refractivity contribution is 9.10. The average molecular weight is 531 g/mol. The van der Waals surface area contributed by atoms with Crippen LogP contribution < -0.4 is 14.8 Å². The summed E-state index contributed by atoms with van der Waals surface area (Å²) >= 11 is 3.47. The molecule has 174 valence electrons. The summed E-state index contributed by atoms with van der Waals surface area (Å²) in [5, 5.41) is 2.73. The Morgan fingerprint density at radius 2 is 1.64 bits per heavy atom. The smallest absolute Gasteiger partial charge is 0.262 e. The van der Waals surface area contributed by atoms with Gasteiger partial charge in [-0.25, -0.2) is 13.1 Å². The number of benzene rings is 3. The van der Waals surface area contributed by atoms with Crippen molar-refractivity contribution in [2.24, 2.45) is 0 Å². The van der Waals surface area contributed by atoms with Gasteiger partial charge in [0, 0.05) is 22.3 Å². The Morgan fingerprint density at radius 3 is 2.27 bits per heavy atom. The van der Waals surface area contributed by atoms with E-state index in [0.29, 0.717) is 11.4 Å². The molecule has 0 saturated heterocycles. The standard InChI is InChI=1S/C25H27BrN2O4S/c1-25(2,3)22-15-19(26)9-14-23(22)32-17-24(29)28-20-10-12-21(13-11-20)33(30,31)27-16-18-7-5-4-6-8-18/h4-15,27H,16-17H2,1-3H3,(H,28,29). The number of hydrogen-bond donors (Lipinski definition) is 2. The molecule has 2 N–H and O–H groups in total. The van der Waals surface area contributed by atoms with Gasteiger partial charge in [-0.3, -0.25) is 4.79 Å². The van der Waals surface area contributed by atoms with E-state index in [-0.39, 0.29) is 29.4 Å². The van der Waals surface area contributed by atoms with Crippen LogP contribution in [-0.4, -0.2) is 20.9 Å². The molecule has 0 bridgehead atoms. The van der Waals surface area contributed by atoms with E-state index in [1.807, 2.05) is 48.5 Å². The van der Waals surface area contributed by atoms with E-state index in [9.17, 15) is 13.2 Å². The number of carbonyl (C=O) groups is 1. The van der Waals surface area contributed by atoms with Crippen molar-refractivity contribution in [3.05, 3.63) is 88.4 Å². The summed E-state index contributed by atoms with van der Waals surface area (Å²) in [7, 11) is -3.66. The van der Waals surface area contributed by atoms with Gasteiger partial charge in [0.1, 0.15) is 5.75 Å². The van der Waals surface area contributed by atoms with Crippen LogP contribution in [-0.2, 0) is 26.8 Å². The Hall–Kier alpha value is -2.68. The van der Waals surface area contributed by atoms with Crippen molar-refractivity contribution in [1.82, 2.24) is 4.72 Å². The van der Waals surface area contributed by atoms with E-state index in [2.05, 4.69) is 46.7 Å². The normalized spacial score (nSPS) is 11.8. The number of halogens is 1. The third-order valence-corrected chi connectivity index (χ3v) is 6.78. The van der Waals surface area contributed by atoms with E-state index >= 15 is 0 Å². The summed E-state index contributed by atoms with van der Waals surface area (Å²) < 4.78 is 34.3. The van der Waals surface area contributed by atoms with Gasteiger partial charge in [-0.2, -0.15) is 0 Å². The van der Waals surface area contributed by atoms with E-state index in [1.165, 1.54) is 12.1 Å². The van der Waals surface area contributed by atoms with Crippen molar-refractivity contribution < 1.29 is 17.9 Å². The van der Waals surface area contributed by atoms with E-state index in [1.54, 1.807) is 12.1 Å². The molecule has 0 radical (unpaired) electrons.